The van der Waals surface area contributed by atoms with Gasteiger partial charge in [0.25, 0.3) is 0 Å². The maximum Gasteiger partial charge on any atom is 0.310 e. The van der Waals surface area contributed by atoms with Crippen LogP contribution >= 0.6 is 34.5 Å². The summed E-state index contributed by atoms with van der Waals surface area (Å²) in [5, 5.41) is 1.55. The highest BCUT2D eigenvalue weighted by Crippen LogP contribution is 2.40. The first-order valence-electron chi connectivity index (χ1n) is 8.71. The Morgan fingerprint density at radius 1 is 1.14 bits per heavy atom. The molecule has 2 aromatic heterocycles. The Bertz CT molecular complexity index is 1220. The average Bonchev–Trinajstić information content (AvgIpc) is 3.12. The number of nitrogens with zero attached hydrogens (tertiary/aromatic N) is 3. The van der Waals surface area contributed by atoms with Crippen molar-refractivity contribution in [3.05, 3.63) is 64.0 Å². The number of halogens is 2. The van der Waals surface area contributed by atoms with E-state index in [1.54, 1.807) is 12.3 Å². The normalized spacial score (nSPS) is 11.0. The van der Waals surface area contributed by atoms with E-state index in [0.717, 1.165) is 37.5 Å². The van der Waals surface area contributed by atoms with Gasteiger partial charge in [0, 0.05) is 16.8 Å². The smallest absolute Gasteiger partial charge is 0.310 e. The molecule has 0 atom stereocenters. The molecule has 2 heterocycles. The molecule has 0 saturated carbocycles. The van der Waals surface area contributed by atoms with Gasteiger partial charge in [0.1, 0.15) is 10.7 Å². The number of benzene rings is 2. The molecule has 8 heteroatoms. The predicted octanol–water partition coefficient (Wildman–Crippen LogP) is 5.75. The number of hydrogen-bond donors (Lipinski definition) is 0. The van der Waals surface area contributed by atoms with Gasteiger partial charge in [-0.15, -0.1) is 11.3 Å². The van der Waals surface area contributed by atoms with Gasteiger partial charge in [0.15, 0.2) is 0 Å². The van der Waals surface area contributed by atoms with E-state index in [9.17, 15) is 4.79 Å². The van der Waals surface area contributed by atoms with E-state index in [4.69, 9.17) is 32.9 Å². The Morgan fingerprint density at radius 2 is 1.90 bits per heavy atom. The van der Waals surface area contributed by atoms with Gasteiger partial charge in [-0.3, -0.25) is 4.79 Å². The number of carbonyl (C=O) groups excluding carboxylic acids is 1. The van der Waals surface area contributed by atoms with Crippen molar-refractivity contribution in [2.75, 3.05) is 7.11 Å². The van der Waals surface area contributed by atoms with E-state index in [2.05, 4.69) is 9.97 Å². The average molecular weight is 444 g/mol. The van der Waals surface area contributed by atoms with Crippen molar-refractivity contribution in [1.82, 2.24) is 15.0 Å². The zero-order valence-corrected chi connectivity index (χ0v) is 17.9. The minimum Gasteiger partial charge on any atom is -0.469 e. The molecule has 0 amide bonds. The summed E-state index contributed by atoms with van der Waals surface area (Å²) >= 11 is 13.5. The molecule has 0 spiro atoms. The molecular weight excluding hydrogens is 429 g/mol. The lowest BCUT2D eigenvalue weighted by atomic mass is 9.93. The molecule has 4 rings (SSSR count). The number of thiazole rings is 1. The molecular formula is C21H15Cl2N3O2S. The zero-order chi connectivity index (χ0) is 20.5. The highest BCUT2D eigenvalue weighted by Gasteiger charge is 2.20. The first-order chi connectivity index (χ1) is 14.0. The molecule has 0 bridgehead atoms. The van der Waals surface area contributed by atoms with Crippen LogP contribution in [0.3, 0.4) is 0 Å². The van der Waals surface area contributed by atoms with E-state index in [0.29, 0.717) is 10.7 Å². The van der Waals surface area contributed by atoms with Gasteiger partial charge in [-0.1, -0.05) is 23.7 Å². The number of ether oxygens (including phenoxy) is 1. The van der Waals surface area contributed by atoms with Crippen molar-refractivity contribution in [3.63, 3.8) is 0 Å². The van der Waals surface area contributed by atoms with Gasteiger partial charge in [-0.2, -0.15) is 0 Å². The van der Waals surface area contributed by atoms with E-state index in [1.165, 1.54) is 18.4 Å². The van der Waals surface area contributed by atoms with Crippen molar-refractivity contribution in [2.24, 2.45) is 0 Å². The third-order valence-corrected chi connectivity index (χ3v) is 6.08. The summed E-state index contributed by atoms with van der Waals surface area (Å²) in [5.74, 6) is -0.296. The van der Waals surface area contributed by atoms with E-state index in [-0.39, 0.29) is 17.7 Å². The fraction of sp³-hybridized carbons (Fsp3) is 0.143. The monoisotopic (exact) mass is 443 g/mol. The van der Waals surface area contributed by atoms with Gasteiger partial charge in [0.2, 0.25) is 5.28 Å². The van der Waals surface area contributed by atoms with E-state index >= 15 is 0 Å². The van der Waals surface area contributed by atoms with Gasteiger partial charge in [0.05, 0.1) is 23.7 Å². The van der Waals surface area contributed by atoms with Crippen molar-refractivity contribution in [3.8, 4) is 21.8 Å². The third kappa shape index (κ3) is 3.96. The maximum atomic E-state index is 12.1. The van der Waals surface area contributed by atoms with Crippen LogP contribution in [-0.2, 0) is 16.0 Å². The first-order valence-corrected chi connectivity index (χ1v) is 10.3. The van der Waals surface area contributed by atoms with Crippen LogP contribution in [-0.4, -0.2) is 28.0 Å². The molecule has 0 saturated heterocycles. The maximum absolute atomic E-state index is 12.1. The molecule has 0 unspecified atom stereocenters. The molecule has 0 aliphatic carbocycles. The molecule has 146 valence electrons. The standard InChI is InChI=1S/C21H15Cl2N3O2S/c1-11-9-16-19(29-20(25-16)15-7-8-24-21(23)26-15)18(14(11)10-17(27)28-2)12-3-5-13(22)6-4-12/h3-9H,10H2,1-2H3. The van der Waals surface area contributed by atoms with Crippen LogP contribution < -0.4 is 0 Å². The summed E-state index contributed by atoms with van der Waals surface area (Å²) in [6.45, 7) is 1.97. The number of fused-ring (bicyclic) bond motifs is 1. The van der Waals surface area contributed by atoms with Crippen LogP contribution in [0.15, 0.2) is 42.6 Å². The van der Waals surface area contributed by atoms with Crippen LogP contribution in [0.25, 0.3) is 32.0 Å². The highest BCUT2D eigenvalue weighted by molar-refractivity contribution is 7.22. The molecule has 0 N–H and O–H groups in total. The third-order valence-electron chi connectivity index (χ3n) is 4.54. The fourth-order valence-corrected chi connectivity index (χ4v) is 4.55. The van der Waals surface area contributed by atoms with Gasteiger partial charge in [-0.25, -0.2) is 15.0 Å². The van der Waals surface area contributed by atoms with E-state index in [1.807, 2.05) is 37.3 Å². The Labute approximate surface area is 181 Å². The second-order valence-electron chi connectivity index (χ2n) is 6.39. The van der Waals surface area contributed by atoms with Crippen LogP contribution in [0.4, 0.5) is 0 Å². The summed E-state index contributed by atoms with van der Waals surface area (Å²) in [6, 6.07) is 11.3. The minimum atomic E-state index is -0.296. The second-order valence-corrected chi connectivity index (χ2v) is 8.16. The quantitative estimate of drug-likeness (QED) is 0.296. The van der Waals surface area contributed by atoms with Crippen LogP contribution in [0.5, 0.6) is 0 Å². The summed E-state index contributed by atoms with van der Waals surface area (Å²) in [4.78, 5) is 25.0. The van der Waals surface area contributed by atoms with E-state index < -0.39 is 0 Å². The lowest BCUT2D eigenvalue weighted by Crippen LogP contribution is -2.07. The Morgan fingerprint density at radius 3 is 2.59 bits per heavy atom. The van der Waals surface area contributed by atoms with Crippen molar-refractivity contribution < 1.29 is 9.53 Å². The summed E-state index contributed by atoms with van der Waals surface area (Å²) in [5.41, 5.74) is 5.26. The molecule has 0 radical (unpaired) electrons. The van der Waals surface area contributed by atoms with Gasteiger partial charge in [-0.05, 0) is 59.5 Å². The molecule has 5 nitrogen and oxygen atoms in total. The number of esters is 1. The predicted molar refractivity (Wildman–Crippen MR) is 117 cm³/mol. The number of aryl methyl sites for hydroxylation is 1. The Kier molecular flexibility index (Phi) is 5.50. The number of rotatable bonds is 4. The van der Waals surface area contributed by atoms with Crippen LogP contribution in [0.2, 0.25) is 10.3 Å². The lowest BCUT2D eigenvalue weighted by Gasteiger charge is -2.13. The Hall–Kier alpha value is -2.54. The Balaban J connectivity index is 1.99. The minimum absolute atomic E-state index is 0.169. The molecule has 2 aromatic carbocycles. The molecule has 4 aromatic rings. The van der Waals surface area contributed by atoms with Crippen molar-refractivity contribution in [2.45, 2.75) is 13.3 Å². The largest absolute Gasteiger partial charge is 0.469 e. The second kappa shape index (κ2) is 8.06. The van der Waals surface area contributed by atoms with Gasteiger partial charge < -0.3 is 4.74 Å². The number of aromatic nitrogens is 3. The lowest BCUT2D eigenvalue weighted by molar-refractivity contribution is -0.139. The molecule has 0 fully saturated rings. The molecule has 0 aliphatic rings. The number of hydrogen-bond acceptors (Lipinski definition) is 6. The van der Waals surface area contributed by atoms with Gasteiger partial charge >= 0.3 is 5.97 Å². The highest BCUT2D eigenvalue weighted by atomic mass is 35.5. The van der Waals surface area contributed by atoms with Crippen molar-refractivity contribution >= 4 is 50.7 Å². The summed E-state index contributed by atoms with van der Waals surface area (Å²) < 4.78 is 5.87. The zero-order valence-electron chi connectivity index (χ0n) is 15.6. The van der Waals surface area contributed by atoms with Crippen LogP contribution in [0.1, 0.15) is 11.1 Å². The number of methoxy groups -OCH3 is 1. The summed E-state index contributed by atoms with van der Waals surface area (Å²) in [6.07, 6.45) is 1.77. The first kappa shape index (κ1) is 19.8. The number of carbonyl (C=O) groups is 1. The van der Waals surface area contributed by atoms with Crippen molar-refractivity contribution in [1.29, 1.82) is 0 Å². The topological polar surface area (TPSA) is 65.0 Å². The van der Waals surface area contributed by atoms with Crippen LogP contribution in [0, 0.1) is 6.92 Å². The molecule has 0 aliphatic heterocycles. The SMILES string of the molecule is COC(=O)Cc1c(C)cc2nc(-c3ccnc(Cl)n3)sc2c1-c1ccc(Cl)cc1. The molecule has 29 heavy (non-hydrogen) atoms. The summed E-state index contributed by atoms with van der Waals surface area (Å²) in [7, 11) is 1.39. The fourth-order valence-electron chi connectivity index (χ4n) is 3.17.